The number of benzene rings is 1. The molecule has 19 N–H and O–H groups in total. The lowest BCUT2D eigenvalue weighted by molar-refractivity contribution is -0.149. The number of phenolic OH excluding ortho intramolecular Hbond substituents is 1. The minimum atomic E-state index is -1.79. The highest BCUT2D eigenvalue weighted by molar-refractivity contribution is 8.76. The Kier molecular flexibility index (Phi) is 41.4. The van der Waals surface area contributed by atoms with Crippen molar-refractivity contribution < 1.29 is 96.5 Å². The van der Waals surface area contributed by atoms with Gasteiger partial charge in [-0.1, -0.05) is 142 Å². The van der Waals surface area contributed by atoms with Gasteiger partial charge < -0.3 is 110 Å². The van der Waals surface area contributed by atoms with Gasteiger partial charge in [-0.3, -0.25) is 86.3 Å². The highest BCUT2D eigenvalue weighted by Crippen LogP contribution is 2.30. The standard InChI is InChI=1S/C84H135N19O20S2/c1-15-45(9)65-79(118)92-56-41-124-125-42-57(75(114)98-67(47(11)17-3)82(121)100(14)49(13)69(108)95-64(44(7)8)83(122)102-36-21-25-58(102)76(115)87-39-62(107)94-63(43(5)6)78(117)89-53(71(110)96-65)32-33-61(86)106)93-80(119)66(46(10)16-2)97-77(116)59-26-22-35-101(59)81(120)60-27-23-37-103(60)84(123)68(48(12)18-4)99-73(112)55(40-104)91-70(109)52(24-19-20-34-85)88-72(111)54(90-74(56)113)38-50-28-30-51(105)31-29-50/h28-31,43-49,52-60,63-68,104-105H,15-27,32-42,85H2,1-14H3,(H2,86,106)(H,87,115)(H,88,111)(H,89,117)(H,90,113)(H,91,109)(H,92,118)(H,93,119)(H,94,107)(H,95,108)(H,96,110)(H,97,116)(H,98,114)(H,99,112)/t45-,46-,47-,48-,49-,52-,53-,54-,55-,56-,57-,58+,59-,60-,63-,64-,65-,66-,67-,68-/m0/s1. The quantitative estimate of drug-likeness (QED) is 0.0495. The van der Waals surface area contributed by atoms with E-state index in [9.17, 15) is 53.4 Å². The molecule has 1 aromatic rings. The molecular weight excluding hydrogens is 1660 g/mol. The number of phenols is 1. The number of nitrogens with one attached hydrogen (secondary N) is 13. The van der Waals surface area contributed by atoms with Gasteiger partial charge in [-0.25, -0.2) is 0 Å². The number of rotatable bonds is 20. The monoisotopic (exact) mass is 1790 g/mol. The van der Waals surface area contributed by atoms with Gasteiger partial charge in [0.05, 0.1) is 13.2 Å². The van der Waals surface area contributed by atoms with Crippen molar-refractivity contribution in [3.8, 4) is 5.75 Å². The Hall–Kier alpha value is -9.90. The summed E-state index contributed by atoms with van der Waals surface area (Å²) in [5.41, 5.74) is 11.9. The Balaban J connectivity index is 1.57. The number of amides is 18. The van der Waals surface area contributed by atoms with Crippen molar-refractivity contribution in [3.63, 3.8) is 0 Å². The van der Waals surface area contributed by atoms with Crippen LogP contribution in [-0.2, 0) is 92.7 Å². The second-order valence-electron chi connectivity index (χ2n) is 34.2. The molecule has 0 unspecified atom stereocenters. The lowest BCUT2D eigenvalue weighted by Crippen LogP contribution is -2.62. The first-order chi connectivity index (χ1) is 59.2. The van der Waals surface area contributed by atoms with Crippen LogP contribution >= 0.6 is 21.6 Å². The minimum absolute atomic E-state index is 0.0662. The van der Waals surface area contributed by atoms with E-state index >= 15 is 43.2 Å². The van der Waals surface area contributed by atoms with Crippen LogP contribution in [0.2, 0.25) is 0 Å². The molecule has 41 heteroatoms. The zero-order valence-corrected chi connectivity index (χ0v) is 76.1. The van der Waals surface area contributed by atoms with Gasteiger partial charge in [0.15, 0.2) is 0 Å². The number of unbranched alkanes of at least 4 members (excludes halogenated alkanes) is 1. The fourth-order valence-corrected chi connectivity index (χ4v) is 17.8. The largest absolute Gasteiger partial charge is 0.508 e. The smallest absolute Gasteiger partial charge is 0.246 e. The number of aliphatic hydroxyl groups is 1. The van der Waals surface area contributed by atoms with E-state index in [4.69, 9.17) is 11.5 Å². The molecule has 5 aliphatic heterocycles. The molecule has 5 saturated heterocycles. The fourth-order valence-electron chi connectivity index (χ4n) is 15.4. The molecule has 0 radical (unpaired) electrons. The molecule has 1 aromatic carbocycles. The van der Waals surface area contributed by atoms with Gasteiger partial charge in [-0.05, 0) is 131 Å². The van der Waals surface area contributed by atoms with Crippen LogP contribution in [0.25, 0.3) is 0 Å². The summed E-state index contributed by atoms with van der Waals surface area (Å²) < 4.78 is 0. The van der Waals surface area contributed by atoms with Crippen LogP contribution in [0, 0.1) is 35.5 Å². The van der Waals surface area contributed by atoms with Gasteiger partial charge in [0.25, 0.3) is 0 Å². The molecule has 39 nitrogen and oxygen atoms in total. The number of carbonyl (C=O) groups excluding carboxylic acids is 18. The van der Waals surface area contributed by atoms with Crippen molar-refractivity contribution in [1.82, 2.24) is 88.7 Å². The van der Waals surface area contributed by atoms with Crippen LogP contribution in [0.15, 0.2) is 24.3 Å². The third-order valence-electron chi connectivity index (χ3n) is 24.4. The number of carbonyl (C=O) groups is 18. The molecule has 698 valence electrons. The Bertz CT molecular complexity index is 3980. The Morgan fingerprint density at radius 2 is 0.840 bits per heavy atom. The Labute approximate surface area is 739 Å². The predicted octanol–water partition coefficient (Wildman–Crippen LogP) is -2.02. The molecule has 0 aromatic heterocycles. The molecule has 18 amide bonds. The number of aliphatic hydroxyl groups excluding tert-OH is 1. The maximum atomic E-state index is 15.7. The van der Waals surface area contributed by atoms with E-state index < -0.39 is 276 Å². The molecule has 5 fully saturated rings. The highest BCUT2D eigenvalue weighted by atomic mass is 33.1. The summed E-state index contributed by atoms with van der Waals surface area (Å²) >= 11 is 0. The van der Waals surface area contributed by atoms with E-state index in [1.807, 2.05) is 0 Å². The van der Waals surface area contributed by atoms with Crippen LogP contribution in [0.3, 0.4) is 0 Å². The lowest BCUT2D eigenvalue weighted by Gasteiger charge is -2.35. The molecule has 125 heavy (non-hydrogen) atoms. The molecule has 5 heterocycles. The number of likely N-dealkylation sites (N-methyl/N-ethyl adjacent to an activating group) is 1. The molecule has 6 rings (SSSR count). The summed E-state index contributed by atoms with van der Waals surface area (Å²) in [5.74, 6) is -21.0. The highest BCUT2D eigenvalue weighted by Gasteiger charge is 2.48. The molecule has 5 aliphatic rings. The first-order valence-corrected chi connectivity index (χ1v) is 46.4. The van der Waals surface area contributed by atoms with E-state index in [1.54, 1.807) is 83.1 Å². The van der Waals surface area contributed by atoms with Crippen LogP contribution in [-0.4, -0.2) is 291 Å². The van der Waals surface area contributed by atoms with Gasteiger partial charge in [0.1, 0.15) is 102 Å². The minimum Gasteiger partial charge on any atom is -0.508 e. The molecule has 0 aliphatic carbocycles. The number of nitrogens with zero attached hydrogens (tertiary/aromatic N) is 4. The topological polar surface area (TPSA) is 569 Å². The SMILES string of the molecule is CC[C@H](C)[C@@H]1NC(=O)[C@H](CCC(N)=O)NC(=O)[C@H](C(C)C)NC(=O)CNC(=O)[C@H]2CCCN2C(=O)[C@H](C(C)C)NC(=O)[C@H](C)N(C)C(=O)[C@H]([C@@H](C)CC)NC(=O)[C@@H]2CSSC[C@H](NC1=O)C(=O)N[C@@H](Cc1ccc(O)cc1)C(=O)N[C@@H](CCCCN)C(=O)N[C@@H](CO)C(=O)N[C@@H]([C@@H](C)CC)C(=O)N1CCC[C@H]1C(=O)N1CCC[C@H]1C(=O)N[C@@H]([C@@H](C)CC)C(=O)N2. The molecule has 2 bridgehead atoms. The molecule has 0 spiro atoms. The van der Waals surface area contributed by atoms with Gasteiger partial charge in [0, 0.05) is 51.0 Å². The average molecular weight is 1800 g/mol. The molecule has 20 atom stereocenters. The van der Waals surface area contributed by atoms with Crippen molar-refractivity contribution in [2.45, 2.75) is 289 Å². The summed E-state index contributed by atoms with van der Waals surface area (Å²) in [6.45, 7) is 20.0. The third kappa shape index (κ3) is 29.1. The van der Waals surface area contributed by atoms with Crippen LogP contribution in [0.1, 0.15) is 192 Å². The Morgan fingerprint density at radius 3 is 1.36 bits per heavy atom. The predicted molar refractivity (Wildman–Crippen MR) is 465 cm³/mol. The number of fused-ring (bicyclic) bond motifs is 8. The zero-order chi connectivity index (χ0) is 93.0. The van der Waals surface area contributed by atoms with Gasteiger partial charge in [-0.2, -0.15) is 0 Å². The van der Waals surface area contributed by atoms with Crippen molar-refractivity contribution in [1.29, 1.82) is 0 Å². The summed E-state index contributed by atoms with van der Waals surface area (Å²) in [4.78, 5) is 271. The number of aromatic hydroxyl groups is 1. The maximum absolute atomic E-state index is 15.7. The van der Waals surface area contributed by atoms with E-state index in [-0.39, 0.29) is 89.7 Å². The Morgan fingerprint density at radius 1 is 0.440 bits per heavy atom. The number of primary amides is 1. The van der Waals surface area contributed by atoms with Gasteiger partial charge >= 0.3 is 0 Å². The first-order valence-electron chi connectivity index (χ1n) is 43.9. The summed E-state index contributed by atoms with van der Waals surface area (Å²) in [5, 5.41) is 56.3. The lowest BCUT2D eigenvalue weighted by atomic mass is 9.96. The second kappa shape index (κ2) is 49.9. The maximum Gasteiger partial charge on any atom is 0.246 e. The number of nitrogens with two attached hydrogens (primary N) is 2. The van der Waals surface area contributed by atoms with Crippen LogP contribution in [0.4, 0.5) is 0 Å². The molecule has 0 saturated carbocycles. The van der Waals surface area contributed by atoms with E-state index in [1.165, 1.54) is 52.9 Å². The summed E-state index contributed by atoms with van der Waals surface area (Å²) in [6, 6.07) is -18.0. The molecular formula is C84H135N19O20S2. The third-order valence-corrected chi connectivity index (χ3v) is 26.8. The van der Waals surface area contributed by atoms with Crippen LogP contribution in [0.5, 0.6) is 5.75 Å². The van der Waals surface area contributed by atoms with Crippen molar-refractivity contribution in [2.75, 3.05) is 57.9 Å². The van der Waals surface area contributed by atoms with E-state index in [2.05, 4.69) is 69.1 Å². The van der Waals surface area contributed by atoms with Gasteiger partial charge in [-0.15, -0.1) is 0 Å². The second-order valence-corrected chi connectivity index (χ2v) is 36.7. The summed E-state index contributed by atoms with van der Waals surface area (Å²) in [7, 11) is 3.03. The first kappa shape index (κ1) is 104. The average Bonchev–Trinajstić information content (AvgIpc) is 1.67. The number of hydrogen-bond acceptors (Lipinski definition) is 23. The normalized spacial score (nSPS) is 28.9. The van der Waals surface area contributed by atoms with Crippen LogP contribution < -0.4 is 80.6 Å². The van der Waals surface area contributed by atoms with E-state index in [0.717, 1.165) is 26.5 Å². The van der Waals surface area contributed by atoms with Crippen molar-refractivity contribution in [2.24, 2.45) is 47.0 Å². The summed E-state index contributed by atoms with van der Waals surface area (Å²) in [6.07, 6.45) is 1.47. The van der Waals surface area contributed by atoms with Crippen molar-refractivity contribution in [3.05, 3.63) is 29.8 Å². The fraction of sp³-hybridized carbons (Fsp3) is 0.714. The van der Waals surface area contributed by atoms with Gasteiger partial charge in [0.2, 0.25) is 106 Å². The van der Waals surface area contributed by atoms with Crippen molar-refractivity contribution >= 4 is 128 Å². The van der Waals surface area contributed by atoms with E-state index in [0.29, 0.717) is 37.7 Å². The number of hydrogen-bond donors (Lipinski definition) is 17. The zero-order valence-electron chi connectivity index (χ0n) is 74.5.